The number of hydrogen-bond donors (Lipinski definition) is 1. The number of rotatable bonds is 5. The van der Waals surface area contributed by atoms with Gasteiger partial charge >= 0.3 is 0 Å². The Morgan fingerprint density at radius 3 is 2.57 bits per heavy atom. The summed E-state index contributed by atoms with van der Waals surface area (Å²) in [7, 11) is 2.16. The number of morpholine rings is 1. The lowest BCUT2D eigenvalue weighted by Crippen LogP contribution is -3.07. The number of ether oxygens (including phenoxy) is 1. The Morgan fingerprint density at radius 2 is 1.86 bits per heavy atom. The number of fused-ring (bicyclic) bond motifs is 1. The Labute approximate surface area is 170 Å². The minimum Gasteiger partial charge on any atom is -0.378 e. The summed E-state index contributed by atoms with van der Waals surface area (Å²) in [5, 5.41) is 4.62. The largest absolute Gasteiger partial charge is 0.378 e. The van der Waals surface area contributed by atoms with Crippen molar-refractivity contribution < 1.29 is 9.64 Å². The molecule has 0 spiro atoms. The second-order valence-electron chi connectivity index (χ2n) is 7.51. The van der Waals surface area contributed by atoms with E-state index in [4.69, 9.17) is 17.0 Å². The van der Waals surface area contributed by atoms with E-state index in [-0.39, 0.29) is 0 Å². The standard InChI is InChI=1S/C20H26N6OS/c1-15-12-16(2)26-19(21-15)22-25(20(26)28)14-23(3)13-17-4-6-18(7-5-17)24-8-10-27-11-9-24/h4-7,12H,8-11,13-14H2,1-3H3/p+1. The molecule has 1 aliphatic heterocycles. The van der Waals surface area contributed by atoms with Crippen LogP contribution in [0.4, 0.5) is 5.69 Å². The van der Waals surface area contributed by atoms with Gasteiger partial charge in [-0.05, 0) is 44.3 Å². The van der Waals surface area contributed by atoms with E-state index in [9.17, 15) is 0 Å². The molecule has 3 heterocycles. The number of aromatic nitrogens is 4. The summed E-state index contributed by atoms with van der Waals surface area (Å²) in [5.41, 5.74) is 4.59. The third kappa shape index (κ3) is 3.94. The molecule has 1 aromatic carbocycles. The van der Waals surface area contributed by atoms with Gasteiger partial charge in [-0.3, -0.25) is 4.40 Å². The highest BCUT2D eigenvalue weighted by molar-refractivity contribution is 7.71. The van der Waals surface area contributed by atoms with Gasteiger partial charge in [0.1, 0.15) is 6.54 Å². The fourth-order valence-corrected chi connectivity index (χ4v) is 4.07. The van der Waals surface area contributed by atoms with Crippen molar-refractivity contribution in [3.05, 3.63) is 52.1 Å². The first-order chi connectivity index (χ1) is 13.5. The summed E-state index contributed by atoms with van der Waals surface area (Å²) < 4.78 is 9.94. The SMILES string of the molecule is Cc1cc(C)n2c(=S)n(C[NH+](C)Cc3ccc(N4CCOCC4)cc3)nc2n1. The number of nitrogens with zero attached hydrogens (tertiary/aromatic N) is 5. The van der Waals surface area contributed by atoms with Gasteiger partial charge in [-0.2, -0.15) is 4.68 Å². The van der Waals surface area contributed by atoms with E-state index < -0.39 is 0 Å². The van der Waals surface area contributed by atoms with Gasteiger partial charge in [-0.1, -0.05) is 12.1 Å². The van der Waals surface area contributed by atoms with Crippen molar-refractivity contribution in [2.24, 2.45) is 0 Å². The zero-order valence-electron chi connectivity index (χ0n) is 16.7. The van der Waals surface area contributed by atoms with Crippen LogP contribution in [0, 0.1) is 18.6 Å². The van der Waals surface area contributed by atoms with Crippen LogP contribution in [0.2, 0.25) is 0 Å². The molecule has 4 rings (SSSR count). The number of nitrogens with one attached hydrogen (secondary N) is 1. The van der Waals surface area contributed by atoms with E-state index in [1.807, 2.05) is 29.0 Å². The molecular formula is C20H27N6OS+. The van der Waals surface area contributed by atoms with Gasteiger partial charge in [0.25, 0.3) is 5.78 Å². The van der Waals surface area contributed by atoms with Crippen LogP contribution in [-0.4, -0.2) is 52.5 Å². The van der Waals surface area contributed by atoms with Crippen LogP contribution in [0.25, 0.3) is 5.78 Å². The molecule has 2 aromatic heterocycles. The molecule has 0 radical (unpaired) electrons. The highest BCUT2D eigenvalue weighted by Gasteiger charge is 2.14. The highest BCUT2D eigenvalue weighted by Crippen LogP contribution is 2.16. The van der Waals surface area contributed by atoms with Gasteiger partial charge < -0.3 is 14.5 Å². The maximum absolute atomic E-state index is 5.62. The third-order valence-corrected chi connectivity index (χ3v) is 5.50. The molecular weight excluding hydrogens is 372 g/mol. The van der Waals surface area contributed by atoms with Crippen LogP contribution >= 0.6 is 12.2 Å². The summed E-state index contributed by atoms with van der Waals surface area (Å²) in [6.07, 6.45) is 0. The second kappa shape index (κ2) is 7.98. The lowest BCUT2D eigenvalue weighted by Gasteiger charge is -2.29. The summed E-state index contributed by atoms with van der Waals surface area (Å²) in [6, 6.07) is 10.9. The first kappa shape index (κ1) is 19.0. The maximum Gasteiger partial charge on any atom is 0.254 e. The smallest absolute Gasteiger partial charge is 0.254 e. The summed E-state index contributed by atoms with van der Waals surface area (Å²) in [5.74, 6) is 0.671. The maximum atomic E-state index is 5.62. The Bertz CT molecular complexity index is 1020. The van der Waals surface area contributed by atoms with Crippen molar-refractivity contribution in [1.82, 2.24) is 19.2 Å². The lowest BCUT2D eigenvalue weighted by atomic mass is 10.2. The monoisotopic (exact) mass is 399 g/mol. The molecule has 1 aliphatic rings. The van der Waals surface area contributed by atoms with Crippen LogP contribution in [0.3, 0.4) is 0 Å². The van der Waals surface area contributed by atoms with Crippen molar-refractivity contribution in [2.75, 3.05) is 38.3 Å². The number of benzene rings is 1. The van der Waals surface area contributed by atoms with Gasteiger partial charge in [0.2, 0.25) is 4.77 Å². The van der Waals surface area contributed by atoms with Crippen LogP contribution in [0.1, 0.15) is 17.0 Å². The Balaban J connectivity index is 1.45. The molecule has 0 aliphatic carbocycles. The van der Waals surface area contributed by atoms with Gasteiger partial charge in [-0.15, -0.1) is 5.10 Å². The normalized spacial score (nSPS) is 15.9. The Morgan fingerprint density at radius 1 is 1.14 bits per heavy atom. The first-order valence-electron chi connectivity index (χ1n) is 9.68. The quantitative estimate of drug-likeness (QED) is 0.657. The fourth-order valence-electron chi connectivity index (χ4n) is 3.74. The number of anilines is 1. The Kier molecular flexibility index (Phi) is 5.43. The molecule has 0 amide bonds. The molecule has 1 atom stereocenters. The molecule has 7 nitrogen and oxygen atoms in total. The van der Waals surface area contributed by atoms with Crippen molar-refractivity contribution in [1.29, 1.82) is 0 Å². The molecule has 28 heavy (non-hydrogen) atoms. The lowest BCUT2D eigenvalue weighted by molar-refractivity contribution is -0.917. The molecule has 1 unspecified atom stereocenters. The van der Waals surface area contributed by atoms with Gasteiger partial charge in [-0.25, -0.2) is 4.98 Å². The summed E-state index contributed by atoms with van der Waals surface area (Å²) in [4.78, 5) is 8.19. The van der Waals surface area contributed by atoms with Gasteiger partial charge in [0, 0.05) is 35.7 Å². The predicted octanol–water partition coefficient (Wildman–Crippen LogP) is 1.39. The van der Waals surface area contributed by atoms with Crippen LogP contribution < -0.4 is 9.80 Å². The van der Waals surface area contributed by atoms with Crippen molar-refractivity contribution in [2.45, 2.75) is 27.1 Å². The molecule has 0 bridgehead atoms. The fraction of sp³-hybridized carbons (Fsp3) is 0.450. The van der Waals surface area contributed by atoms with Crippen molar-refractivity contribution in [3.8, 4) is 0 Å². The zero-order chi connectivity index (χ0) is 19.7. The summed E-state index contributed by atoms with van der Waals surface area (Å²) >= 11 is 5.62. The average molecular weight is 400 g/mol. The second-order valence-corrected chi connectivity index (χ2v) is 7.88. The third-order valence-electron chi connectivity index (χ3n) is 5.11. The molecule has 0 saturated carbocycles. The first-order valence-corrected chi connectivity index (χ1v) is 10.1. The Hall–Kier alpha value is -2.29. The number of quaternary nitrogens is 1. The van der Waals surface area contributed by atoms with E-state index in [0.717, 1.165) is 44.2 Å². The van der Waals surface area contributed by atoms with E-state index in [1.54, 1.807) is 0 Å². The van der Waals surface area contributed by atoms with E-state index in [2.05, 4.69) is 46.3 Å². The van der Waals surface area contributed by atoms with E-state index in [1.165, 1.54) is 16.2 Å². The van der Waals surface area contributed by atoms with Crippen LogP contribution in [-0.2, 0) is 18.0 Å². The van der Waals surface area contributed by atoms with Crippen LogP contribution in [0.15, 0.2) is 30.3 Å². The topological polar surface area (TPSA) is 52.0 Å². The highest BCUT2D eigenvalue weighted by atomic mass is 32.1. The van der Waals surface area contributed by atoms with Crippen molar-refractivity contribution >= 4 is 23.7 Å². The number of aryl methyl sites for hydroxylation is 2. The van der Waals surface area contributed by atoms with E-state index in [0.29, 0.717) is 17.2 Å². The summed E-state index contributed by atoms with van der Waals surface area (Å²) in [6.45, 7) is 9.16. The zero-order valence-corrected chi connectivity index (χ0v) is 17.5. The van der Waals surface area contributed by atoms with E-state index >= 15 is 0 Å². The number of hydrogen-bond acceptors (Lipinski definition) is 5. The minimum atomic E-state index is 0.671. The molecule has 8 heteroatoms. The molecule has 1 saturated heterocycles. The van der Waals surface area contributed by atoms with Crippen LogP contribution in [0.5, 0.6) is 0 Å². The predicted molar refractivity (Wildman–Crippen MR) is 111 cm³/mol. The van der Waals surface area contributed by atoms with Gasteiger partial charge in [0.05, 0.1) is 20.3 Å². The van der Waals surface area contributed by atoms with Gasteiger partial charge in [0.15, 0.2) is 6.67 Å². The minimum absolute atomic E-state index is 0.671. The molecule has 148 valence electrons. The molecule has 1 fully saturated rings. The molecule has 3 aromatic rings. The van der Waals surface area contributed by atoms with Crippen molar-refractivity contribution in [3.63, 3.8) is 0 Å². The average Bonchev–Trinajstić information content (AvgIpc) is 2.98. The molecule has 1 N–H and O–H groups in total.